The second kappa shape index (κ2) is 7.87. The third kappa shape index (κ3) is 3.89. The van der Waals surface area contributed by atoms with E-state index in [0.29, 0.717) is 23.3 Å². The minimum atomic E-state index is -0.878. The summed E-state index contributed by atoms with van der Waals surface area (Å²) in [5.74, 6) is -0.326. The molecule has 7 heteroatoms. The zero-order valence-electron chi connectivity index (χ0n) is 16.1. The van der Waals surface area contributed by atoms with Gasteiger partial charge >= 0.3 is 5.97 Å². The number of aryl methyl sites for hydroxylation is 1. The summed E-state index contributed by atoms with van der Waals surface area (Å²) < 4.78 is 5.33. The number of hydrogen-bond acceptors (Lipinski definition) is 5. The van der Waals surface area contributed by atoms with E-state index in [1.54, 1.807) is 36.1 Å². The number of carbonyl (C=O) groups is 2. The third-order valence-electron chi connectivity index (χ3n) is 5.04. The Morgan fingerprint density at radius 2 is 1.93 bits per heavy atom. The van der Waals surface area contributed by atoms with Crippen LogP contribution in [0.15, 0.2) is 53.3 Å². The Morgan fingerprint density at radius 3 is 2.79 bits per heavy atom. The molecule has 0 saturated heterocycles. The van der Waals surface area contributed by atoms with Gasteiger partial charge in [-0.3, -0.25) is 14.4 Å². The van der Waals surface area contributed by atoms with Crippen molar-refractivity contribution in [3.05, 3.63) is 70.3 Å². The van der Waals surface area contributed by atoms with Gasteiger partial charge in [0, 0.05) is 18.7 Å². The average molecular weight is 391 g/mol. The molecule has 7 nitrogen and oxygen atoms in total. The molecule has 3 aromatic rings. The Kier molecular flexibility index (Phi) is 5.12. The fourth-order valence-electron chi connectivity index (χ4n) is 3.57. The van der Waals surface area contributed by atoms with Gasteiger partial charge < -0.3 is 14.6 Å². The number of aromatic amines is 1. The van der Waals surface area contributed by atoms with E-state index in [4.69, 9.17) is 4.74 Å². The van der Waals surface area contributed by atoms with Crippen LogP contribution in [0.5, 0.6) is 0 Å². The molecule has 0 spiro atoms. The highest BCUT2D eigenvalue weighted by atomic mass is 16.5. The highest BCUT2D eigenvalue weighted by molar-refractivity contribution is 5.99. The fraction of sp³-hybridized carbons (Fsp3) is 0.273. The van der Waals surface area contributed by atoms with E-state index >= 15 is 0 Å². The summed E-state index contributed by atoms with van der Waals surface area (Å²) in [6.45, 7) is 2.17. The number of H-pyrrole nitrogens is 1. The number of benzene rings is 2. The Hall–Kier alpha value is -3.48. The van der Waals surface area contributed by atoms with Crippen molar-refractivity contribution >= 4 is 28.5 Å². The van der Waals surface area contributed by atoms with Crippen LogP contribution in [0.2, 0.25) is 0 Å². The Morgan fingerprint density at radius 1 is 1.17 bits per heavy atom. The van der Waals surface area contributed by atoms with Gasteiger partial charge in [-0.05, 0) is 37.1 Å². The molecular weight excluding hydrogens is 370 g/mol. The van der Waals surface area contributed by atoms with Crippen LogP contribution in [-0.4, -0.2) is 34.5 Å². The summed E-state index contributed by atoms with van der Waals surface area (Å²) in [6.07, 6.45) is 0.170. The van der Waals surface area contributed by atoms with Crippen LogP contribution in [0.25, 0.3) is 10.9 Å². The third-order valence-corrected chi connectivity index (χ3v) is 5.04. The number of anilines is 1. The minimum Gasteiger partial charge on any atom is -0.453 e. The molecule has 1 aromatic heterocycles. The predicted octanol–water partition coefficient (Wildman–Crippen LogP) is 2.38. The summed E-state index contributed by atoms with van der Waals surface area (Å²) >= 11 is 0. The van der Waals surface area contributed by atoms with E-state index in [9.17, 15) is 14.4 Å². The number of amides is 1. The van der Waals surface area contributed by atoms with Crippen molar-refractivity contribution in [2.24, 2.45) is 0 Å². The molecule has 1 atom stereocenters. The van der Waals surface area contributed by atoms with Crippen LogP contribution in [0, 0.1) is 0 Å². The van der Waals surface area contributed by atoms with Crippen molar-refractivity contribution in [2.45, 2.75) is 32.3 Å². The first-order valence-electron chi connectivity index (χ1n) is 9.59. The molecule has 1 aliphatic heterocycles. The first-order chi connectivity index (χ1) is 14.0. The number of rotatable bonds is 5. The molecule has 2 aromatic carbocycles. The highest BCUT2D eigenvalue weighted by Crippen LogP contribution is 2.28. The average Bonchev–Trinajstić information content (AvgIpc) is 3.16. The van der Waals surface area contributed by atoms with E-state index in [-0.39, 0.29) is 24.3 Å². The first-order valence-corrected chi connectivity index (χ1v) is 9.59. The second-order valence-corrected chi connectivity index (χ2v) is 7.03. The molecule has 0 bridgehead atoms. The first kappa shape index (κ1) is 18.9. The molecule has 2 heterocycles. The van der Waals surface area contributed by atoms with Gasteiger partial charge in [0.05, 0.1) is 17.3 Å². The topological polar surface area (TPSA) is 92.4 Å². The van der Waals surface area contributed by atoms with Gasteiger partial charge in [0.25, 0.3) is 11.5 Å². The van der Waals surface area contributed by atoms with Crippen molar-refractivity contribution in [1.82, 2.24) is 9.97 Å². The molecule has 1 aliphatic rings. The van der Waals surface area contributed by atoms with E-state index in [1.807, 2.05) is 24.3 Å². The standard InChI is InChI=1S/C22H21N3O4/c1-14(22(28)25-13-12-15-6-2-5-9-18(15)25)29-20(26)11-10-19-23-17-8-4-3-7-16(17)21(27)24-19/h2-9,14H,10-13H2,1H3,(H,23,24,27)/t14-/m1/s1. The molecule has 0 saturated carbocycles. The van der Waals surface area contributed by atoms with Crippen molar-refractivity contribution in [3.63, 3.8) is 0 Å². The van der Waals surface area contributed by atoms with Gasteiger partial charge in [0.1, 0.15) is 5.82 Å². The van der Waals surface area contributed by atoms with E-state index in [2.05, 4.69) is 9.97 Å². The summed E-state index contributed by atoms with van der Waals surface area (Å²) in [5, 5.41) is 0.504. The zero-order chi connectivity index (χ0) is 20.4. The molecule has 0 fully saturated rings. The summed E-state index contributed by atoms with van der Waals surface area (Å²) in [6, 6.07) is 14.8. The lowest BCUT2D eigenvalue weighted by Crippen LogP contribution is -2.39. The fourth-order valence-corrected chi connectivity index (χ4v) is 3.57. The number of esters is 1. The van der Waals surface area contributed by atoms with Crippen LogP contribution >= 0.6 is 0 Å². The van der Waals surface area contributed by atoms with Crippen LogP contribution in [0.1, 0.15) is 24.7 Å². The molecule has 0 aliphatic carbocycles. The number of ether oxygens (including phenoxy) is 1. The van der Waals surface area contributed by atoms with E-state index in [0.717, 1.165) is 17.7 Å². The maximum Gasteiger partial charge on any atom is 0.307 e. The van der Waals surface area contributed by atoms with Crippen molar-refractivity contribution in [1.29, 1.82) is 0 Å². The second-order valence-electron chi connectivity index (χ2n) is 7.03. The van der Waals surface area contributed by atoms with Gasteiger partial charge in [-0.1, -0.05) is 30.3 Å². The van der Waals surface area contributed by atoms with Crippen LogP contribution < -0.4 is 10.5 Å². The maximum absolute atomic E-state index is 12.7. The Labute approximate surface area is 167 Å². The molecule has 1 N–H and O–H groups in total. The highest BCUT2D eigenvalue weighted by Gasteiger charge is 2.29. The van der Waals surface area contributed by atoms with Crippen LogP contribution in [0.3, 0.4) is 0 Å². The minimum absolute atomic E-state index is 0.0233. The summed E-state index contributed by atoms with van der Waals surface area (Å²) in [5.41, 5.74) is 2.33. The molecule has 29 heavy (non-hydrogen) atoms. The lowest BCUT2D eigenvalue weighted by Gasteiger charge is -2.21. The quantitative estimate of drug-likeness (QED) is 0.674. The van der Waals surface area contributed by atoms with Crippen LogP contribution in [-0.2, 0) is 27.2 Å². The Bertz CT molecular complexity index is 1140. The SMILES string of the molecule is C[C@@H](OC(=O)CCc1nc2ccccc2c(=O)[nH]1)C(=O)N1CCc2ccccc21. The van der Waals surface area contributed by atoms with Gasteiger partial charge in [-0.25, -0.2) is 4.98 Å². The normalized spacial score (nSPS) is 13.9. The van der Waals surface area contributed by atoms with Crippen molar-refractivity contribution in [3.8, 4) is 0 Å². The number of para-hydroxylation sites is 2. The zero-order valence-corrected chi connectivity index (χ0v) is 16.1. The van der Waals surface area contributed by atoms with E-state index in [1.165, 1.54) is 0 Å². The number of hydrogen-bond donors (Lipinski definition) is 1. The van der Waals surface area contributed by atoms with Gasteiger partial charge in [0.15, 0.2) is 6.10 Å². The molecule has 1 amide bonds. The number of aromatic nitrogens is 2. The van der Waals surface area contributed by atoms with E-state index < -0.39 is 12.1 Å². The number of nitrogens with one attached hydrogen (secondary N) is 1. The van der Waals surface area contributed by atoms with Crippen LogP contribution in [0.4, 0.5) is 5.69 Å². The number of carbonyl (C=O) groups excluding carboxylic acids is 2. The lowest BCUT2D eigenvalue weighted by molar-refractivity contribution is -0.153. The molecule has 0 radical (unpaired) electrons. The number of fused-ring (bicyclic) bond motifs is 2. The van der Waals surface area contributed by atoms with Crippen molar-refractivity contribution < 1.29 is 14.3 Å². The molecule has 0 unspecified atom stereocenters. The maximum atomic E-state index is 12.7. The lowest BCUT2D eigenvalue weighted by atomic mass is 10.2. The van der Waals surface area contributed by atoms with Gasteiger partial charge in [-0.15, -0.1) is 0 Å². The number of nitrogens with zero attached hydrogens (tertiary/aromatic N) is 2. The smallest absolute Gasteiger partial charge is 0.307 e. The largest absolute Gasteiger partial charge is 0.453 e. The van der Waals surface area contributed by atoms with Gasteiger partial charge in [0.2, 0.25) is 0 Å². The predicted molar refractivity (Wildman–Crippen MR) is 109 cm³/mol. The Balaban J connectivity index is 1.36. The molecule has 148 valence electrons. The van der Waals surface area contributed by atoms with Crippen molar-refractivity contribution in [2.75, 3.05) is 11.4 Å². The summed E-state index contributed by atoms with van der Waals surface area (Å²) in [4.78, 5) is 45.7. The van der Waals surface area contributed by atoms with Gasteiger partial charge in [-0.2, -0.15) is 0 Å². The molecule has 4 rings (SSSR count). The summed E-state index contributed by atoms with van der Waals surface area (Å²) in [7, 11) is 0. The molecular formula is C22H21N3O4. The monoisotopic (exact) mass is 391 g/mol.